The molecule has 0 fully saturated rings. The Hall–Kier alpha value is -0.780. The molecule has 1 aromatic carbocycles. The summed E-state index contributed by atoms with van der Waals surface area (Å²) in [6.45, 7) is 1.76. The average Bonchev–Trinajstić information content (AvgIpc) is 2.33. The first-order valence-corrected chi connectivity index (χ1v) is 7.05. The Balaban J connectivity index is 2.32. The van der Waals surface area contributed by atoms with Crippen LogP contribution in [0.25, 0.3) is 0 Å². The molecule has 0 saturated heterocycles. The third-order valence-corrected chi connectivity index (χ3v) is 2.74. The largest absolute Gasteiger partial charge is 0.507 e. The lowest BCUT2D eigenvalue weighted by molar-refractivity contribution is 0.0942. The Morgan fingerprint density at radius 1 is 1.44 bits per heavy atom. The van der Waals surface area contributed by atoms with Crippen molar-refractivity contribution in [2.24, 2.45) is 0 Å². The van der Waals surface area contributed by atoms with Gasteiger partial charge in [0.2, 0.25) is 0 Å². The van der Waals surface area contributed by atoms with Crippen molar-refractivity contribution in [3.05, 3.63) is 28.8 Å². The van der Waals surface area contributed by atoms with Crippen LogP contribution in [0.5, 0.6) is 5.75 Å². The predicted octanol–water partition coefficient (Wildman–Crippen LogP) is 2.58. The Labute approximate surface area is 119 Å². The molecule has 100 valence electrons. The number of hydrogen-bond donors (Lipinski definition) is 2. The molecule has 0 spiro atoms. The zero-order chi connectivity index (χ0) is 13.4. The molecule has 0 aliphatic heterocycles. The zero-order valence-electron chi connectivity index (χ0n) is 9.79. The van der Waals surface area contributed by atoms with Gasteiger partial charge in [-0.1, -0.05) is 27.5 Å². The van der Waals surface area contributed by atoms with Crippen LogP contribution in [-0.2, 0) is 4.74 Å². The van der Waals surface area contributed by atoms with E-state index in [1.165, 1.54) is 12.1 Å². The standard InChI is InChI=1S/C12H15BrClNO3/c13-4-7-18-6-1-5-15-12(17)10-3-2-9(14)8-11(10)16/h2-3,8,16H,1,4-7H2,(H,15,17). The number of halogens is 2. The van der Waals surface area contributed by atoms with E-state index in [-0.39, 0.29) is 17.2 Å². The first kappa shape index (κ1) is 15.3. The zero-order valence-corrected chi connectivity index (χ0v) is 12.1. The lowest BCUT2D eigenvalue weighted by Gasteiger charge is -2.07. The molecular weight excluding hydrogens is 321 g/mol. The minimum atomic E-state index is -0.315. The number of aromatic hydroxyl groups is 1. The van der Waals surface area contributed by atoms with Gasteiger partial charge in [-0.05, 0) is 24.6 Å². The minimum Gasteiger partial charge on any atom is -0.507 e. The van der Waals surface area contributed by atoms with Crippen LogP contribution in [0.4, 0.5) is 0 Å². The fourth-order valence-corrected chi connectivity index (χ4v) is 1.72. The number of carbonyl (C=O) groups excluding carboxylic acids is 1. The molecule has 0 atom stereocenters. The van der Waals surface area contributed by atoms with Crippen LogP contribution in [0.15, 0.2) is 18.2 Å². The first-order valence-electron chi connectivity index (χ1n) is 5.55. The molecule has 0 aromatic heterocycles. The topological polar surface area (TPSA) is 58.6 Å². The summed E-state index contributed by atoms with van der Waals surface area (Å²) in [5.74, 6) is -0.430. The Kier molecular flexibility index (Phi) is 7.08. The van der Waals surface area contributed by atoms with E-state index < -0.39 is 0 Å². The van der Waals surface area contributed by atoms with E-state index >= 15 is 0 Å². The molecule has 0 unspecified atom stereocenters. The van der Waals surface area contributed by atoms with E-state index in [1.807, 2.05) is 0 Å². The van der Waals surface area contributed by atoms with Crippen LogP contribution in [0.3, 0.4) is 0 Å². The van der Waals surface area contributed by atoms with Gasteiger partial charge in [0.15, 0.2) is 0 Å². The smallest absolute Gasteiger partial charge is 0.255 e. The van der Waals surface area contributed by atoms with Crippen molar-refractivity contribution in [2.75, 3.05) is 25.1 Å². The molecule has 1 amide bonds. The van der Waals surface area contributed by atoms with Gasteiger partial charge < -0.3 is 15.2 Å². The van der Waals surface area contributed by atoms with Crippen LogP contribution >= 0.6 is 27.5 Å². The number of carbonyl (C=O) groups is 1. The number of alkyl halides is 1. The van der Waals surface area contributed by atoms with Crippen LogP contribution in [0, 0.1) is 0 Å². The van der Waals surface area contributed by atoms with Crippen molar-refractivity contribution in [1.29, 1.82) is 0 Å². The van der Waals surface area contributed by atoms with Gasteiger partial charge in [-0.15, -0.1) is 0 Å². The molecule has 0 aliphatic carbocycles. The Morgan fingerprint density at radius 2 is 2.22 bits per heavy atom. The Bertz CT molecular complexity index is 401. The first-order chi connectivity index (χ1) is 8.65. The fraction of sp³-hybridized carbons (Fsp3) is 0.417. The summed E-state index contributed by atoms with van der Waals surface area (Å²) >= 11 is 8.94. The number of ether oxygens (including phenoxy) is 1. The third-order valence-electron chi connectivity index (χ3n) is 2.18. The minimum absolute atomic E-state index is 0.115. The van der Waals surface area contributed by atoms with Gasteiger partial charge >= 0.3 is 0 Å². The summed E-state index contributed by atoms with van der Waals surface area (Å²) < 4.78 is 5.24. The van der Waals surface area contributed by atoms with E-state index in [1.54, 1.807) is 6.07 Å². The molecule has 1 rings (SSSR count). The molecule has 1 aromatic rings. The second-order valence-corrected chi connectivity index (χ2v) is 4.80. The van der Waals surface area contributed by atoms with Crippen molar-refractivity contribution >= 4 is 33.4 Å². The maximum Gasteiger partial charge on any atom is 0.255 e. The highest BCUT2D eigenvalue weighted by Gasteiger charge is 2.10. The quantitative estimate of drug-likeness (QED) is 0.594. The number of benzene rings is 1. The summed E-state index contributed by atoms with van der Waals surface area (Å²) in [6.07, 6.45) is 0.729. The molecule has 0 radical (unpaired) electrons. The van der Waals surface area contributed by atoms with Crippen molar-refractivity contribution in [2.45, 2.75) is 6.42 Å². The van der Waals surface area contributed by atoms with Gasteiger partial charge in [0, 0.05) is 23.5 Å². The van der Waals surface area contributed by atoms with Gasteiger partial charge in [-0.2, -0.15) is 0 Å². The molecule has 0 saturated carbocycles. The second kappa shape index (κ2) is 8.34. The molecular formula is C12H15BrClNO3. The molecule has 0 bridgehead atoms. The van der Waals surface area contributed by atoms with Gasteiger partial charge in [-0.3, -0.25) is 4.79 Å². The van der Waals surface area contributed by atoms with E-state index in [0.29, 0.717) is 24.8 Å². The summed E-state index contributed by atoms with van der Waals surface area (Å²) in [7, 11) is 0. The number of rotatable bonds is 7. The van der Waals surface area contributed by atoms with Crippen molar-refractivity contribution in [3.63, 3.8) is 0 Å². The number of hydrogen-bond acceptors (Lipinski definition) is 3. The van der Waals surface area contributed by atoms with Crippen molar-refractivity contribution in [1.82, 2.24) is 5.32 Å². The summed E-state index contributed by atoms with van der Waals surface area (Å²) in [5, 5.41) is 13.5. The summed E-state index contributed by atoms with van der Waals surface area (Å²) in [5.41, 5.74) is 0.223. The maximum absolute atomic E-state index is 11.7. The van der Waals surface area contributed by atoms with Gasteiger partial charge in [0.25, 0.3) is 5.91 Å². The second-order valence-electron chi connectivity index (χ2n) is 3.57. The summed E-state index contributed by atoms with van der Waals surface area (Å²) in [4.78, 5) is 11.7. The maximum atomic E-state index is 11.7. The SMILES string of the molecule is O=C(NCCCOCCBr)c1ccc(Cl)cc1O. The van der Waals surface area contributed by atoms with E-state index in [2.05, 4.69) is 21.2 Å². The number of phenolic OH excluding ortho intramolecular Hbond substituents is 1. The molecule has 4 nitrogen and oxygen atoms in total. The number of phenols is 1. The third kappa shape index (κ3) is 5.25. The van der Waals surface area contributed by atoms with Crippen molar-refractivity contribution < 1.29 is 14.6 Å². The molecule has 18 heavy (non-hydrogen) atoms. The normalized spacial score (nSPS) is 10.3. The van der Waals surface area contributed by atoms with E-state index in [4.69, 9.17) is 16.3 Å². The van der Waals surface area contributed by atoms with Crippen LogP contribution < -0.4 is 5.32 Å². The van der Waals surface area contributed by atoms with Crippen molar-refractivity contribution in [3.8, 4) is 5.75 Å². The average molecular weight is 337 g/mol. The highest BCUT2D eigenvalue weighted by atomic mass is 79.9. The number of amides is 1. The van der Waals surface area contributed by atoms with Gasteiger partial charge in [0.05, 0.1) is 12.2 Å². The van der Waals surface area contributed by atoms with Crippen LogP contribution in [0.1, 0.15) is 16.8 Å². The molecule has 0 aliphatic rings. The van der Waals surface area contributed by atoms with Crippen LogP contribution in [0.2, 0.25) is 5.02 Å². The van der Waals surface area contributed by atoms with Gasteiger partial charge in [0.1, 0.15) is 5.75 Å². The molecule has 6 heteroatoms. The number of nitrogens with one attached hydrogen (secondary N) is 1. The van der Waals surface area contributed by atoms with E-state index in [0.717, 1.165) is 11.8 Å². The Morgan fingerprint density at radius 3 is 2.89 bits per heavy atom. The van der Waals surface area contributed by atoms with E-state index in [9.17, 15) is 9.90 Å². The fourth-order valence-electron chi connectivity index (χ4n) is 1.32. The highest BCUT2D eigenvalue weighted by Crippen LogP contribution is 2.21. The molecule has 2 N–H and O–H groups in total. The highest BCUT2D eigenvalue weighted by molar-refractivity contribution is 9.09. The monoisotopic (exact) mass is 335 g/mol. The van der Waals surface area contributed by atoms with Crippen LogP contribution in [-0.4, -0.2) is 36.1 Å². The molecule has 0 heterocycles. The lowest BCUT2D eigenvalue weighted by atomic mass is 10.2. The van der Waals surface area contributed by atoms with Gasteiger partial charge in [-0.25, -0.2) is 0 Å². The summed E-state index contributed by atoms with van der Waals surface area (Å²) in [6, 6.07) is 4.40. The predicted molar refractivity (Wildman–Crippen MR) is 74.7 cm³/mol. The lowest BCUT2D eigenvalue weighted by Crippen LogP contribution is -2.25.